The molecular formula is C11H25NO. The van der Waals surface area contributed by atoms with Crippen molar-refractivity contribution in [3.8, 4) is 0 Å². The van der Waals surface area contributed by atoms with Gasteiger partial charge in [-0.05, 0) is 25.8 Å². The van der Waals surface area contributed by atoms with Crippen molar-refractivity contribution in [3.05, 3.63) is 12.2 Å². The monoisotopic (exact) mass is 187 g/mol. The summed E-state index contributed by atoms with van der Waals surface area (Å²) in [5.74, 6) is 0. The number of unbranched alkanes of at least 4 members (excludes halogenated alkanes) is 4. The lowest BCUT2D eigenvalue weighted by Crippen LogP contribution is -1.94. The molecule has 0 saturated carbocycles. The molecule has 0 saturated heterocycles. The molecule has 0 bridgehead atoms. The van der Waals surface area contributed by atoms with Crippen LogP contribution in [0.25, 0.3) is 0 Å². The molecule has 13 heavy (non-hydrogen) atoms. The fourth-order valence-electron chi connectivity index (χ4n) is 1.02. The summed E-state index contributed by atoms with van der Waals surface area (Å²) < 4.78 is 0. The quantitative estimate of drug-likeness (QED) is 0.492. The predicted molar refractivity (Wildman–Crippen MR) is 60.8 cm³/mol. The minimum atomic E-state index is 0. The number of rotatable bonds is 7. The SMILES string of the molecule is C=O.CCCCCC/C=C/CCN.[HH]. The van der Waals surface area contributed by atoms with E-state index in [0.29, 0.717) is 0 Å². The first-order valence-electron chi connectivity index (χ1n) is 5.05. The van der Waals surface area contributed by atoms with Gasteiger partial charge in [0.25, 0.3) is 0 Å². The first kappa shape index (κ1) is 14.9. The minimum Gasteiger partial charge on any atom is -0.330 e. The average Bonchev–Trinajstić information content (AvgIpc) is 2.20. The lowest BCUT2D eigenvalue weighted by Gasteiger charge is -1.93. The summed E-state index contributed by atoms with van der Waals surface area (Å²) >= 11 is 0. The second-order valence-electron chi connectivity index (χ2n) is 2.90. The van der Waals surface area contributed by atoms with Gasteiger partial charge in [0, 0.05) is 1.43 Å². The van der Waals surface area contributed by atoms with Crippen molar-refractivity contribution in [2.75, 3.05) is 6.54 Å². The molecule has 0 rings (SSSR count). The predicted octanol–water partition coefficient (Wildman–Crippen LogP) is 2.92. The molecule has 0 radical (unpaired) electrons. The molecule has 2 N–H and O–H groups in total. The summed E-state index contributed by atoms with van der Waals surface area (Å²) in [5, 5.41) is 0. The first-order valence-corrected chi connectivity index (χ1v) is 5.05. The van der Waals surface area contributed by atoms with Crippen LogP contribution < -0.4 is 5.73 Å². The fourth-order valence-corrected chi connectivity index (χ4v) is 1.02. The van der Waals surface area contributed by atoms with Crippen LogP contribution in [-0.2, 0) is 4.79 Å². The van der Waals surface area contributed by atoms with Gasteiger partial charge in [-0.1, -0.05) is 38.3 Å². The molecule has 80 valence electrons. The van der Waals surface area contributed by atoms with Gasteiger partial charge in [0.05, 0.1) is 0 Å². The van der Waals surface area contributed by atoms with Crippen LogP contribution in [-0.4, -0.2) is 13.3 Å². The third-order valence-corrected chi connectivity index (χ3v) is 1.72. The van der Waals surface area contributed by atoms with Crippen molar-refractivity contribution >= 4 is 6.79 Å². The fraction of sp³-hybridized carbons (Fsp3) is 0.727. The van der Waals surface area contributed by atoms with E-state index in [1.807, 2.05) is 6.79 Å². The summed E-state index contributed by atoms with van der Waals surface area (Å²) in [7, 11) is 0. The number of hydrogen-bond acceptors (Lipinski definition) is 2. The average molecular weight is 187 g/mol. The third-order valence-electron chi connectivity index (χ3n) is 1.72. The zero-order chi connectivity index (χ0) is 10.4. The largest absolute Gasteiger partial charge is 0.330 e. The summed E-state index contributed by atoms with van der Waals surface area (Å²) in [4.78, 5) is 8.00. The molecule has 2 nitrogen and oxygen atoms in total. The van der Waals surface area contributed by atoms with Gasteiger partial charge >= 0.3 is 0 Å². The maximum Gasteiger partial charge on any atom is 0.106 e. The van der Waals surface area contributed by atoms with Gasteiger partial charge in [-0.3, -0.25) is 0 Å². The molecule has 0 aromatic heterocycles. The number of hydrogen-bond donors (Lipinski definition) is 1. The van der Waals surface area contributed by atoms with E-state index in [2.05, 4.69) is 19.1 Å². The summed E-state index contributed by atoms with van der Waals surface area (Å²) in [6.45, 7) is 5.02. The second-order valence-corrected chi connectivity index (χ2v) is 2.90. The second kappa shape index (κ2) is 17.5. The Balaban J connectivity index is -0.000000376. The van der Waals surface area contributed by atoms with Crippen molar-refractivity contribution < 1.29 is 6.22 Å². The van der Waals surface area contributed by atoms with Crippen LogP contribution in [0.3, 0.4) is 0 Å². The van der Waals surface area contributed by atoms with E-state index in [1.54, 1.807) is 0 Å². The van der Waals surface area contributed by atoms with Crippen LogP contribution in [0.2, 0.25) is 0 Å². The molecule has 0 heterocycles. The van der Waals surface area contributed by atoms with Crippen molar-refractivity contribution in [1.82, 2.24) is 0 Å². The highest BCUT2D eigenvalue weighted by molar-refractivity contribution is 5.10. The van der Waals surface area contributed by atoms with Crippen LogP contribution in [0, 0.1) is 0 Å². The molecule has 0 aliphatic rings. The molecule has 0 fully saturated rings. The Morgan fingerprint density at radius 1 is 1.15 bits per heavy atom. The zero-order valence-corrected chi connectivity index (χ0v) is 8.80. The van der Waals surface area contributed by atoms with E-state index in [-0.39, 0.29) is 1.43 Å². The summed E-state index contributed by atoms with van der Waals surface area (Å²) in [6, 6.07) is 0. The topological polar surface area (TPSA) is 43.1 Å². The van der Waals surface area contributed by atoms with Crippen LogP contribution in [0.5, 0.6) is 0 Å². The number of carbonyl (C=O) groups excluding carboxylic acids is 1. The van der Waals surface area contributed by atoms with Gasteiger partial charge in [-0.2, -0.15) is 0 Å². The summed E-state index contributed by atoms with van der Waals surface area (Å²) in [6.07, 6.45) is 12.1. The molecule has 0 aliphatic carbocycles. The van der Waals surface area contributed by atoms with Crippen LogP contribution in [0.1, 0.15) is 46.9 Å². The molecule has 0 amide bonds. The molecule has 0 atom stereocenters. The first-order chi connectivity index (χ1) is 6.41. The van der Waals surface area contributed by atoms with Gasteiger partial charge in [0.1, 0.15) is 6.79 Å². The number of nitrogens with two attached hydrogens (primary N) is 1. The van der Waals surface area contributed by atoms with Crippen LogP contribution in [0.15, 0.2) is 12.2 Å². The molecule has 0 spiro atoms. The Morgan fingerprint density at radius 3 is 2.31 bits per heavy atom. The highest BCUT2D eigenvalue weighted by atomic mass is 16.1. The minimum absolute atomic E-state index is 0. The highest BCUT2D eigenvalue weighted by Crippen LogP contribution is 2.02. The van der Waals surface area contributed by atoms with Gasteiger partial charge < -0.3 is 10.5 Å². The van der Waals surface area contributed by atoms with E-state index in [9.17, 15) is 0 Å². The Labute approximate surface area is 83.7 Å². The van der Waals surface area contributed by atoms with Crippen molar-refractivity contribution in [2.24, 2.45) is 5.73 Å². The van der Waals surface area contributed by atoms with Crippen molar-refractivity contribution in [2.45, 2.75) is 45.4 Å². The molecule has 0 aliphatic heterocycles. The van der Waals surface area contributed by atoms with Crippen molar-refractivity contribution in [1.29, 1.82) is 0 Å². The molecule has 0 unspecified atom stereocenters. The molecular weight excluding hydrogens is 162 g/mol. The Hall–Kier alpha value is -0.630. The Morgan fingerprint density at radius 2 is 1.77 bits per heavy atom. The van der Waals surface area contributed by atoms with Gasteiger partial charge in [0.15, 0.2) is 0 Å². The molecule has 0 aromatic carbocycles. The molecule has 0 aromatic rings. The van der Waals surface area contributed by atoms with Crippen LogP contribution >= 0.6 is 0 Å². The van der Waals surface area contributed by atoms with E-state index < -0.39 is 0 Å². The maximum atomic E-state index is 8.00. The van der Waals surface area contributed by atoms with Crippen molar-refractivity contribution in [3.63, 3.8) is 0 Å². The standard InChI is InChI=1S/C10H21N.CH2O.H2/c1-2-3-4-5-6-7-8-9-10-11;1-2;/h7-8H,2-6,9-11H2,1H3;1H2;1H/b8-7+;;. The summed E-state index contributed by atoms with van der Waals surface area (Å²) in [5.41, 5.74) is 5.34. The van der Waals surface area contributed by atoms with E-state index in [4.69, 9.17) is 10.5 Å². The Kier molecular flexibility index (Phi) is 20.0. The lowest BCUT2D eigenvalue weighted by molar-refractivity contribution is -0.0979. The highest BCUT2D eigenvalue weighted by Gasteiger charge is 1.83. The van der Waals surface area contributed by atoms with Gasteiger partial charge in [-0.15, -0.1) is 0 Å². The Bertz CT molecular complexity index is 107. The zero-order valence-electron chi connectivity index (χ0n) is 8.80. The van der Waals surface area contributed by atoms with E-state index >= 15 is 0 Å². The maximum absolute atomic E-state index is 8.00. The third kappa shape index (κ3) is 18.4. The smallest absolute Gasteiger partial charge is 0.106 e. The molecule has 2 heteroatoms. The van der Waals surface area contributed by atoms with Gasteiger partial charge in [0.2, 0.25) is 0 Å². The number of carbonyl (C=O) groups is 1. The lowest BCUT2D eigenvalue weighted by atomic mass is 10.1. The van der Waals surface area contributed by atoms with E-state index in [1.165, 1.54) is 32.1 Å². The van der Waals surface area contributed by atoms with Crippen LogP contribution in [0.4, 0.5) is 0 Å². The number of allylic oxidation sites excluding steroid dienone is 1. The van der Waals surface area contributed by atoms with Gasteiger partial charge in [-0.25, -0.2) is 0 Å². The van der Waals surface area contributed by atoms with E-state index in [0.717, 1.165) is 13.0 Å². The normalized spacial score (nSPS) is 9.69.